The molecule has 1 aromatic carbocycles. The third kappa shape index (κ3) is 12.5. The van der Waals surface area contributed by atoms with Crippen LogP contribution in [0.2, 0.25) is 0 Å². The molecule has 144 valence electrons. The van der Waals surface area contributed by atoms with Crippen LogP contribution < -0.4 is 0 Å². The SMILES string of the molecule is CCCCCCCCCCCCCCCCC(Br)c1ccc(O)cc1. The summed E-state index contributed by atoms with van der Waals surface area (Å²) in [6.07, 6.45) is 20.9. The number of hydrogen-bond acceptors (Lipinski definition) is 1. The summed E-state index contributed by atoms with van der Waals surface area (Å²) >= 11 is 3.77. The molecule has 0 aliphatic carbocycles. The molecular weight excluding hydrogens is 372 g/mol. The number of halogens is 1. The molecule has 0 aromatic heterocycles. The highest BCUT2D eigenvalue weighted by molar-refractivity contribution is 9.09. The van der Waals surface area contributed by atoms with Gasteiger partial charge in [0.15, 0.2) is 0 Å². The van der Waals surface area contributed by atoms with E-state index in [1.54, 1.807) is 12.1 Å². The highest BCUT2D eigenvalue weighted by Gasteiger charge is 2.06. The molecule has 0 heterocycles. The second-order valence-corrected chi connectivity index (χ2v) is 8.55. The molecule has 0 aliphatic rings. The van der Waals surface area contributed by atoms with Crippen molar-refractivity contribution >= 4 is 15.9 Å². The predicted molar refractivity (Wildman–Crippen MR) is 115 cm³/mol. The number of phenolic OH excluding ortho intramolecular Hbond substituents is 1. The van der Waals surface area contributed by atoms with Crippen molar-refractivity contribution in [3.63, 3.8) is 0 Å². The summed E-state index contributed by atoms with van der Waals surface area (Å²) in [7, 11) is 0. The quantitative estimate of drug-likeness (QED) is 0.213. The minimum absolute atomic E-state index is 0.347. The summed E-state index contributed by atoms with van der Waals surface area (Å²) in [6, 6.07) is 7.57. The van der Waals surface area contributed by atoms with Crippen LogP contribution in [-0.2, 0) is 0 Å². The fraction of sp³-hybridized carbons (Fsp3) is 0.739. The average Bonchev–Trinajstić information content (AvgIpc) is 2.62. The van der Waals surface area contributed by atoms with E-state index < -0.39 is 0 Å². The highest BCUT2D eigenvalue weighted by atomic mass is 79.9. The molecular formula is C23H39BrO. The molecule has 0 fully saturated rings. The van der Waals surface area contributed by atoms with Crippen LogP contribution in [0.15, 0.2) is 24.3 Å². The summed E-state index contributed by atoms with van der Waals surface area (Å²) in [5.41, 5.74) is 1.27. The lowest BCUT2D eigenvalue weighted by atomic mass is 10.0. The van der Waals surface area contributed by atoms with Gasteiger partial charge in [-0.2, -0.15) is 0 Å². The molecule has 0 amide bonds. The Morgan fingerprint density at radius 3 is 1.52 bits per heavy atom. The van der Waals surface area contributed by atoms with Gasteiger partial charge in [0.2, 0.25) is 0 Å². The summed E-state index contributed by atoms with van der Waals surface area (Å²) in [5, 5.41) is 9.33. The topological polar surface area (TPSA) is 20.2 Å². The van der Waals surface area contributed by atoms with Gasteiger partial charge in [-0.25, -0.2) is 0 Å². The van der Waals surface area contributed by atoms with E-state index >= 15 is 0 Å². The van der Waals surface area contributed by atoms with Crippen LogP contribution in [-0.4, -0.2) is 5.11 Å². The summed E-state index contributed by atoms with van der Waals surface area (Å²) in [6.45, 7) is 2.29. The Kier molecular flexibility index (Phi) is 14.2. The fourth-order valence-electron chi connectivity index (χ4n) is 3.37. The lowest BCUT2D eigenvalue weighted by molar-refractivity contribution is 0.475. The Morgan fingerprint density at radius 1 is 0.680 bits per heavy atom. The first-order valence-electron chi connectivity index (χ1n) is 10.7. The third-order valence-electron chi connectivity index (χ3n) is 5.07. The number of hydrogen-bond donors (Lipinski definition) is 1. The van der Waals surface area contributed by atoms with Crippen molar-refractivity contribution in [1.29, 1.82) is 0 Å². The van der Waals surface area contributed by atoms with Crippen molar-refractivity contribution in [1.82, 2.24) is 0 Å². The highest BCUT2D eigenvalue weighted by Crippen LogP contribution is 2.29. The zero-order valence-corrected chi connectivity index (χ0v) is 17.9. The van der Waals surface area contributed by atoms with Gasteiger partial charge < -0.3 is 5.11 Å². The van der Waals surface area contributed by atoms with Gasteiger partial charge in [-0.05, 0) is 24.1 Å². The van der Waals surface area contributed by atoms with Gasteiger partial charge in [-0.3, -0.25) is 0 Å². The molecule has 0 saturated heterocycles. The van der Waals surface area contributed by atoms with E-state index in [9.17, 15) is 5.11 Å². The molecule has 0 spiro atoms. The van der Waals surface area contributed by atoms with Crippen LogP contribution in [0.4, 0.5) is 0 Å². The average molecular weight is 411 g/mol. The lowest BCUT2D eigenvalue weighted by Crippen LogP contribution is -1.90. The maximum absolute atomic E-state index is 9.33. The second kappa shape index (κ2) is 15.7. The first-order valence-corrected chi connectivity index (χ1v) is 11.6. The van der Waals surface area contributed by atoms with Crippen LogP contribution in [0.5, 0.6) is 5.75 Å². The van der Waals surface area contributed by atoms with Gasteiger partial charge >= 0.3 is 0 Å². The van der Waals surface area contributed by atoms with Crippen molar-refractivity contribution in [2.75, 3.05) is 0 Å². The van der Waals surface area contributed by atoms with Crippen LogP contribution in [0.1, 0.15) is 114 Å². The number of aromatic hydroxyl groups is 1. The van der Waals surface area contributed by atoms with Crippen molar-refractivity contribution < 1.29 is 5.11 Å². The molecule has 2 heteroatoms. The first kappa shape index (κ1) is 22.5. The lowest BCUT2D eigenvalue weighted by Gasteiger charge is -2.10. The Labute approximate surface area is 164 Å². The number of rotatable bonds is 16. The van der Waals surface area contributed by atoms with E-state index in [-0.39, 0.29) is 0 Å². The predicted octanol–water partition coefficient (Wildman–Crippen LogP) is 8.70. The minimum Gasteiger partial charge on any atom is -0.508 e. The number of benzene rings is 1. The molecule has 1 unspecified atom stereocenters. The van der Waals surface area contributed by atoms with Gasteiger partial charge in [0.05, 0.1) is 0 Å². The number of alkyl halides is 1. The van der Waals surface area contributed by atoms with E-state index in [0.717, 1.165) is 0 Å². The van der Waals surface area contributed by atoms with E-state index in [1.807, 2.05) is 12.1 Å². The van der Waals surface area contributed by atoms with Crippen molar-refractivity contribution in [3.05, 3.63) is 29.8 Å². The Hall–Kier alpha value is -0.500. The van der Waals surface area contributed by atoms with Crippen molar-refractivity contribution in [3.8, 4) is 5.75 Å². The molecule has 1 N–H and O–H groups in total. The zero-order chi connectivity index (χ0) is 18.2. The first-order chi connectivity index (χ1) is 12.2. The van der Waals surface area contributed by atoms with Crippen molar-refractivity contribution in [2.24, 2.45) is 0 Å². The molecule has 0 saturated carbocycles. The summed E-state index contributed by atoms with van der Waals surface area (Å²) in [5.74, 6) is 0.347. The van der Waals surface area contributed by atoms with E-state index in [0.29, 0.717) is 10.6 Å². The smallest absolute Gasteiger partial charge is 0.115 e. The number of phenols is 1. The number of unbranched alkanes of at least 4 members (excludes halogenated alkanes) is 13. The Balaban J connectivity index is 1.83. The van der Waals surface area contributed by atoms with Crippen LogP contribution >= 0.6 is 15.9 Å². The van der Waals surface area contributed by atoms with Gasteiger partial charge in [0.1, 0.15) is 5.75 Å². The van der Waals surface area contributed by atoms with E-state index in [1.165, 1.54) is 102 Å². The van der Waals surface area contributed by atoms with Gasteiger partial charge in [-0.15, -0.1) is 0 Å². The maximum Gasteiger partial charge on any atom is 0.115 e. The van der Waals surface area contributed by atoms with E-state index in [2.05, 4.69) is 22.9 Å². The largest absolute Gasteiger partial charge is 0.508 e. The van der Waals surface area contributed by atoms with E-state index in [4.69, 9.17) is 0 Å². The molecule has 1 aromatic rings. The molecule has 0 radical (unpaired) electrons. The molecule has 1 nitrogen and oxygen atoms in total. The van der Waals surface area contributed by atoms with Crippen LogP contribution in [0.25, 0.3) is 0 Å². The monoisotopic (exact) mass is 410 g/mol. The van der Waals surface area contributed by atoms with Gasteiger partial charge in [0, 0.05) is 4.83 Å². The molecule has 0 aliphatic heterocycles. The zero-order valence-electron chi connectivity index (χ0n) is 16.3. The second-order valence-electron chi connectivity index (χ2n) is 7.44. The Bertz CT molecular complexity index is 401. The Morgan fingerprint density at radius 2 is 1.08 bits per heavy atom. The normalized spacial score (nSPS) is 12.4. The molecule has 1 atom stereocenters. The maximum atomic E-state index is 9.33. The third-order valence-corrected chi connectivity index (χ3v) is 6.05. The molecule has 1 rings (SSSR count). The van der Waals surface area contributed by atoms with Crippen LogP contribution in [0, 0.1) is 0 Å². The van der Waals surface area contributed by atoms with Crippen molar-refractivity contribution in [2.45, 2.75) is 108 Å². The van der Waals surface area contributed by atoms with Crippen LogP contribution in [0.3, 0.4) is 0 Å². The molecule has 25 heavy (non-hydrogen) atoms. The minimum atomic E-state index is 0.347. The summed E-state index contributed by atoms with van der Waals surface area (Å²) < 4.78 is 0. The fourth-order valence-corrected chi connectivity index (χ4v) is 4.00. The van der Waals surface area contributed by atoms with Gasteiger partial charge in [0.25, 0.3) is 0 Å². The van der Waals surface area contributed by atoms with Gasteiger partial charge in [-0.1, -0.05) is 125 Å². The summed E-state index contributed by atoms with van der Waals surface area (Å²) in [4.78, 5) is 0.422. The molecule has 0 bridgehead atoms. The standard InChI is InChI=1S/C23H39BrO/c1-2-3-4-5-6-7-8-9-10-11-12-13-14-15-16-23(24)21-17-19-22(25)20-18-21/h17-20,23,25H,2-16H2,1H3.